The topological polar surface area (TPSA) is 101 Å². The molecule has 0 aromatic heterocycles. The number of Topliss-reactive ketones (excluding diaryl/α,β-unsaturated/α-hetero) is 1. The molecule has 4 aliphatic rings. The highest BCUT2D eigenvalue weighted by Crippen LogP contribution is 2.56. The van der Waals surface area contributed by atoms with E-state index in [0.29, 0.717) is 43.9 Å². The molecule has 1 aliphatic heterocycles. The first-order valence-electron chi connectivity index (χ1n) is 12.5. The quantitative estimate of drug-likeness (QED) is 0.283. The number of phenolic OH excluding ortho intramolecular Hbond substituents is 1. The largest absolute Gasteiger partial charge is 0.503 e. The summed E-state index contributed by atoms with van der Waals surface area (Å²) in [5, 5.41) is 10.9. The summed E-state index contributed by atoms with van der Waals surface area (Å²) in [4.78, 5) is 55.5. The normalized spacial score (nSPS) is 26.2. The number of allylic oxidation sites excluding steroid dienone is 6. The molecule has 7 nitrogen and oxygen atoms in total. The zero-order valence-corrected chi connectivity index (χ0v) is 23.4. The molecule has 0 saturated carbocycles. The van der Waals surface area contributed by atoms with Crippen LogP contribution >= 0.6 is 27.5 Å². The Morgan fingerprint density at radius 1 is 1.05 bits per heavy atom. The van der Waals surface area contributed by atoms with Crippen molar-refractivity contribution in [3.8, 4) is 11.5 Å². The molecule has 1 N–H and O–H groups in total. The van der Waals surface area contributed by atoms with Crippen molar-refractivity contribution in [1.82, 2.24) is 0 Å². The van der Waals surface area contributed by atoms with Crippen LogP contribution in [-0.4, -0.2) is 35.6 Å². The van der Waals surface area contributed by atoms with Crippen LogP contribution in [0.15, 0.2) is 75.3 Å². The number of anilines is 1. The lowest BCUT2D eigenvalue weighted by molar-refractivity contribution is -0.123. The molecule has 2 aromatic carbocycles. The van der Waals surface area contributed by atoms with Crippen LogP contribution in [0.2, 0.25) is 5.02 Å². The smallest absolute Gasteiger partial charge is 0.238 e. The Balaban J connectivity index is 1.51. The molecule has 0 bridgehead atoms. The summed E-state index contributed by atoms with van der Waals surface area (Å²) in [5.74, 6) is -3.32. The van der Waals surface area contributed by atoms with Crippen molar-refractivity contribution in [3.05, 3.63) is 85.9 Å². The predicted octanol–water partition coefficient (Wildman–Crippen LogP) is 5.45. The Morgan fingerprint density at radius 3 is 2.46 bits per heavy atom. The minimum Gasteiger partial charge on any atom is -0.503 e. The minimum atomic E-state index is -0.679. The number of ketones is 2. The second-order valence-corrected chi connectivity index (χ2v) is 11.6. The Morgan fingerprint density at radius 2 is 1.77 bits per heavy atom. The van der Waals surface area contributed by atoms with Crippen LogP contribution in [0.1, 0.15) is 31.2 Å². The molecule has 2 aromatic rings. The fourth-order valence-electron chi connectivity index (χ4n) is 6.52. The SMILES string of the molecule is COc1cc([C@H]2C3=CC[C@@H]4C(=O)N(c5ccc(Cl)cc5)C(=O)[C@@H]4[C@@H]3CC3=C2C(=O)C=C(C)C3=O)cc(Br)c1O. The molecular weight excluding hydrogens is 586 g/mol. The van der Waals surface area contributed by atoms with Gasteiger partial charge in [0.2, 0.25) is 11.8 Å². The Kier molecular flexibility index (Phi) is 6.15. The summed E-state index contributed by atoms with van der Waals surface area (Å²) in [6.07, 6.45) is 3.84. The Bertz CT molecular complexity index is 1590. The Hall–Kier alpha value is -3.49. The lowest BCUT2D eigenvalue weighted by Crippen LogP contribution is -2.39. The standard InChI is InChI=1S/C30H23BrClNO6/c1-13-9-22(34)26-20(27(13)35)12-19-17(24(26)14-10-21(31)28(36)23(11-14)39-2)7-8-18-25(19)30(38)33(29(18)37)16-5-3-15(32)4-6-16/h3-7,9-11,18-19,24-25,36H,8,12H2,1-2H3/t18-,19+,24-,25-/m0/s1. The van der Waals surface area contributed by atoms with Crippen molar-refractivity contribution < 1.29 is 29.0 Å². The maximum atomic E-state index is 13.9. The number of amides is 2. The van der Waals surface area contributed by atoms with Crippen LogP contribution in [0.5, 0.6) is 11.5 Å². The van der Waals surface area contributed by atoms with E-state index in [1.807, 2.05) is 6.08 Å². The van der Waals surface area contributed by atoms with Crippen molar-refractivity contribution in [3.63, 3.8) is 0 Å². The molecule has 4 atom stereocenters. The monoisotopic (exact) mass is 607 g/mol. The van der Waals surface area contributed by atoms with Crippen LogP contribution in [0.4, 0.5) is 5.69 Å². The molecular formula is C30H23BrClNO6. The second-order valence-electron chi connectivity index (χ2n) is 10.3. The van der Waals surface area contributed by atoms with Gasteiger partial charge >= 0.3 is 0 Å². The van der Waals surface area contributed by atoms with E-state index in [0.717, 1.165) is 5.57 Å². The molecule has 39 heavy (non-hydrogen) atoms. The van der Waals surface area contributed by atoms with Crippen molar-refractivity contribution in [2.75, 3.05) is 12.0 Å². The number of ether oxygens (including phenoxy) is 1. The van der Waals surface area contributed by atoms with Crippen LogP contribution in [0, 0.1) is 17.8 Å². The van der Waals surface area contributed by atoms with Gasteiger partial charge in [-0.05, 0) is 89.7 Å². The summed E-state index contributed by atoms with van der Waals surface area (Å²) in [6.45, 7) is 1.61. The molecule has 9 heteroatoms. The summed E-state index contributed by atoms with van der Waals surface area (Å²) in [6, 6.07) is 9.91. The molecule has 198 valence electrons. The number of carbonyl (C=O) groups excluding carboxylic acids is 4. The number of benzene rings is 2. The lowest BCUT2D eigenvalue weighted by Gasteiger charge is -2.42. The van der Waals surface area contributed by atoms with E-state index in [2.05, 4.69) is 15.9 Å². The number of methoxy groups -OCH3 is 1. The van der Waals surface area contributed by atoms with Gasteiger partial charge in [0.05, 0.1) is 29.1 Å². The van der Waals surface area contributed by atoms with E-state index in [-0.39, 0.29) is 41.3 Å². The van der Waals surface area contributed by atoms with Gasteiger partial charge in [0.25, 0.3) is 0 Å². The fraction of sp³-hybridized carbons (Fsp3) is 0.267. The van der Waals surface area contributed by atoms with Crippen molar-refractivity contribution in [2.24, 2.45) is 17.8 Å². The molecule has 1 saturated heterocycles. The number of hydrogen-bond donors (Lipinski definition) is 1. The minimum absolute atomic E-state index is 0.0857. The molecule has 1 heterocycles. The third-order valence-corrected chi connectivity index (χ3v) is 9.11. The molecule has 0 spiro atoms. The van der Waals surface area contributed by atoms with Gasteiger partial charge in [0, 0.05) is 27.7 Å². The number of rotatable bonds is 3. The van der Waals surface area contributed by atoms with Gasteiger partial charge in [-0.25, -0.2) is 0 Å². The van der Waals surface area contributed by atoms with Crippen LogP contribution in [-0.2, 0) is 19.2 Å². The first kappa shape index (κ1) is 25.8. The predicted molar refractivity (Wildman–Crippen MR) is 148 cm³/mol. The van der Waals surface area contributed by atoms with E-state index in [1.54, 1.807) is 43.3 Å². The number of carbonyl (C=O) groups is 4. The number of halogens is 2. The summed E-state index contributed by atoms with van der Waals surface area (Å²) in [5.41, 5.74) is 3.01. The average Bonchev–Trinajstić information content (AvgIpc) is 3.18. The van der Waals surface area contributed by atoms with E-state index in [4.69, 9.17) is 16.3 Å². The number of fused-ring (bicyclic) bond motifs is 3. The van der Waals surface area contributed by atoms with Gasteiger partial charge in [-0.15, -0.1) is 0 Å². The van der Waals surface area contributed by atoms with E-state index in [9.17, 15) is 24.3 Å². The van der Waals surface area contributed by atoms with Crippen molar-refractivity contribution in [1.29, 1.82) is 0 Å². The highest BCUT2D eigenvalue weighted by molar-refractivity contribution is 9.10. The van der Waals surface area contributed by atoms with Gasteiger partial charge in [0.1, 0.15) is 0 Å². The first-order valence-corrected chi connectivity index (χ1v) is 13.7. The first-order chi connectivity index (χ1) is 18.6. The van der Waals surface area contributed by atoms with Gasteiger partial charge in [-0.1, -0.05) is 23.3 Å². The number of hydrogen-bond acceptors (Lipinski definition) is 6. The van der Waals surface area contributed by atoms with E-state index < -0.39 is 23.7 Å². The molecule has 1 fully saturated rings. The van der Waals surface area contributed by atoms with Crippen LogP contribution in [0.25, 0.3) is 0 Å². The molecule has 6 rings (SSSR count). The lowest BCUT2D eigenvalue weighted by atomic mass is 9.59. The molecule has 0 radical (unpaired) electrons. The summed E-state index contributed by atoms with van der Waals surface area (Å²) < 4.78 is 5.75. The van der Waals surface area contributed by atoms with Gasteiger partial charge < -0.3 is 9.84 Å². The van der Waals surface area contributed by atoms with E-state index >= 15 is 0 Å². The number of imide groups is 1. The van der Waals surface area contributed by atoms with Crippen LogP contribution < -0.4 is 9.64 Å². The number of phenols is 1. The van der Waals surface area contributed by atoms with Crippen LogP contribution in [0.3, 0.4) is 0 Å². The molecule has 0 unspecified atom stereocenters. The summed E-state index contributed by atoms with van der Waals surface area (Å²) in [7, 11) is 1.43. The maximum absolute atomic E-state index is 13.9. The average molecular weight is 609 g/mol. The fourth-order valence-corrected chi connectivity index (χ4v) is 7.11. The third-order valence-electron chi connectivity index (χ3n) is 8.25. The molecule has 2 amide bonds. The number of nitrogens with zero attached hydrogens (tertiary/aromatic N) is 1. The zero-order valence-electron chi connectivity index (χ0n) is 21.0. The second kappa shape index (κ2) is 9.31. The highest BCUT2D eigenvalue weighted by Gasteiger charge is 2.56. The van der Waals surface area contributed by atoms with E-state index in [1.165, 1.54) is 18.1 Å². The summed E-state index contributed by atoms with van der Waals surface area (Å²) >= 11 is 9.40. The maximum Gasteiger partial charge on any atom is 0.238 e. The Labute approximate surface area is 237 Å². The zero-order chi connectivity index (χ0) is 27.7. The van der Waals surface area contributed by atoms with Gasteiger partial charge in [-0.3, -0.25) is 24.1 Å². The van der Waals surface area contributed by atoms with Gasteiger partial charge in [0.15, 0.2) is 23.1 Å². The van der Waals surface area contributed by atoms with Gasteiger partial charge in [-0.2, -0.15) is 0 Å². The van der Waals surface area contributed by atoms with Crippen molar-refractivity contribution in [2.45, 2.75) is 25.7 Å². The third kappa shape index (κ3) is 3.84. The number of aromatic hydroxyl groups is 1. The highest BCUT2D eigenvalue weighted by atomic mass is 79.9. The van der Waals surface area contributed by atoms with Crippen molar-refractivity contribution >= 4 is 56.6 Å². The molecule has 3 aliphatic carbocycles.